The maximum absolute atomic E-state index is 3.55. The van der Waals surface area contributed by atoms with Gasteiger partial charge in [0.05, 0.1) is 0 Å². The van der Waals surface area contributed by atoms with Gasteiger partial charge in [-0.25, -0.2) is 0 Å². The van der Waals surface area contributed by atoms with E-state index in [1.54, 1.807) is 0 Å². The van der Waals surface area contributed by atoms with Gasteiger partial charge in [-0.3, -0.25) is 0 Å². The summed E-state index contributed by atoms with van der Waals surface area (Å²) in [7, 11) is 0. The first-order valence-electron chi connectivity index (χ1n) is 4.04. The molecule has 0 aliphatic carbocycles. The zero-order valence-electron chi connectivity index (χ0n) is 7.27. The van der Waals surface area contributed by atoms with E-state index in [1.807, 2.05) is 6.07 Å². The van der Waals surface area contributed by atoms with Crippen molar-refractivity contribution in [1.82, 2.24) is 0 Å². The SMILES string of the molecule is CC(C)Cc1c(Br)cccc1Br. The predicted octanol–water partition coefficient (Wildman–Crippen LogP) is 4.41. The molecule has 0 spiro atoms. The Labute approximate surface area is 90.6 Å². The molecule has 1 rings (SSSR count). The molecule has 0 saturated heterocycles. The lowest BCUT2D eigenvalue weighted by Crippen LogP contribution is -1.95. The molecule has 0 aliphatic rings. The molecule has 0 radical (unpaired) electrons. The third-order valence-corrected chi connectivity index (χ3v) is 3.16. The Morgan fingerprint density at radius 1 is 1.17 bits per heavy atom. The molecule has 0 unspecified atom stereocenters. The topological polar surface area (TPSA) is 0 Å². The Hall–Kier alpha value is 0.180. The van der Waals surface area contributed by atoms with Crippen LogP contribution in [0.1, 0.15) is 19.4 Å². The van der Waals surface area contributed by atoms with Gasteiger partial charge in [-0.2, -0.15) is 0 Å². The number of halogens is 2. The molecule has 66 valence electrons. The standard InChI is InChI=1S/C10H12Br2/c1-7(2)6-8-9(11)4-3-5-10(8)12/h3-5,7H,6H2,1-2H3. The Balaban J connectivity index is 2.96. The van der Waals surface area contributed by atoms with Crippen LogP contribution in [-0.4, -0.2) is 0 Å². The van der Waals surface area contributed by atoms with Gasteiger partial charge in [0.2, 0.25) is 0 Å². The van der Waals surface area contributed by atoms with Crippen LogP contribution in [0.25, 0.3) is 0 Å². The van der Waals surface area contributed by atoms with Gasteiger partial charge in [-0.15, -0.1) is 0 Å². The fraction of sp³-hybridized carbons (Fsp3) is 0.400. The minimum atomic E-state index is 0.694. The highest BCUT2D eigenvalue weighted by molar-refractivity contribution is 9.11. The van der Waals surface area contributed by atoms with Crippen molar-refractivity contribution in [2.45, 2.75) is 20.3 Å². The number of hydrogen-bond donors (Lipinski definition) is 0. The number of benzene rings is 1. The summed E-state index contributed by atoms with van der Waals surface area (Å²) >= 11 is 7.09. The van der Waals surface area contributed by atoms with E-state index >= 15 is 0 Å². The van der Waals surface area contributed by atoms with Crippen molar-refractivity contribution in [2.75, 3.05) is 0 Å². The Bertz CT molecular complexity index is 246. The molecule has 0 heterocycles. The van der Waals surface area contributed by atoms with Crippen molar-refractivity contribution < 1.29 is 0 Å². The third-order valence-electron chi connectivity index (χ3n) is 1.67. The van der Waals surface area contributed by atoms with Gasteiger partial charge in [-0.05, 0) is 30.0 Å². The summed E-state index contributed by atoms with van der Waals surface area (Å²) in [6.45, 7) is 4.46. The van der Waals surface area contributed by atoms with Crippen LogP contribution in [0.3, 0.4) is 0 Å². The van der Waals surface area contributed by atoms with Crippen LogP contribution in [0.2, 0.25) is 0 Å². The lowest BCUT2D eigenvalue weighted by molar-refractivity contribution is 0.644. The summed E-state index contributed by atoms with van der Waals surface area (Å²) in [6.07, 6.45) is 1.11. The largest absolute Gasteiger partial charge is 0.0625 e. The average molecular weight is 292 g/mol. The highest BCUT2D eigenvalue weighted by Crippen LogP contribution is 2.27. The summed E-state index contributed by atoms with van der Waals surface area (Å²) in [5.41, 5.74) is 1.37. The van der Waals surface area contributed by atoms with Crippen LogP contribution < -0.4 is 0 Å². The fourth-order valence-corrected chi connectivity index (χ4v) is 2.46. The highest BCUT2D eigenvalue weighted by atomic mass is 79.9. The average Bonchev–Trinajstić information content (AvgIpc) is 1.97. The van der Waals surface area contributed by atoms with E-state index in [0.717, 1.165) is 6.42 Å². The highest BCUT2D eigenvalue weighted by Gasteiger charge is 2.05. The summed E-state index contributed by atoms with van der Waals surface area (Å²) in [5, 5.41) is 0. The quantitative estimate of drug-likeness (QED) is 0.757. The third kappa shape index (κ3) is 2.60. The van der Waals surface area contributed by atoms with Crippen LogP contribution in [0.5, 0.6) is 0 Å². The maximum Gasteiger partial charge on any atom is 0.0218 e. The molecule has 0 fully saturated rings. The summed E-state index contributed by atoms with van der Waals surface area (Å²) < 4.78 is 2.40. The molecule has 2 heteroatoms. The van der Waals surface area contributed by atoms with Gasteiger partial charge in [0.15, 0.2) is 0 Å². The predicted molar refractivity (Wildman–Crippen MR) is 60.4 cm³/mol. The molecular weight excluding hydrogens is 280 g/mol. The minimum absolute atomic E-state index is 0.694. The van der Waals surface area contributed by atoms with E-state index in [4.69, 9.17) is 0 Å². The first kappa shape index (κ1) is 10.3. The van der Waals surface area contributed by atoms with Crippen LogP contribution in [-0.2, 0) is 6.42 Å². The van der Waals surface area contributed by atoms with Crippen molar-refractivity contribution in [3.05, 3.63) is 32.7 Å². The molecule has 0 bridgehead atoms. The van der Waals surface area contributed by atoms with Gasteiger partial charge >= 0.3 is 0 Å². The Morgan fingerprint density at radius 2 is 1.67 bits per heavy atom. The van der Waals surface area contributed by atoms with Crippen molar-refractivity contribution in [2.24, 2.45) is 5.92 Å². The second kappa shape index (κ2) is 4.43. The van der Waals surface area contributed by atoms with Crippen molar-refractivity contribution >= 4 is 31.9 Å². The number of rotatable bonds is 2. The number of hydrogen-bond acceptors (Lipinski definition) is 0. The van der Waals surface area contributed by atoms with E-state index in [1.165, 1.54) is 14.5 Å². The zero-order valence-corrected chi connectivity index (χ0v) is 10.4. The minimum Gasteiger partial charge on any atom is -0.0625 e. The van der Waals surface area contributed by atoms with Crippen LogP contribution >= 0.6 is 31.9 Å². The fourth-order valence-electron chi connectivity index (χ4n) is 1.14. The molecule has 0 saturated carbocycles. The summed E-state index contributed by atoms with van der Waals surface area (Å²) in [5.74, 6) is 0.694. The van der Waals surface area contributed by atoms with Crippen molar-refractivity contribution in [3.63, 3.8) is 0 Å². The van der Waals surface area contributed by atoms with Gasteiger partial charge in [0, 0.05) is 8.95 Å². The van der Waals surface area contributed by atoms with Crippen LogP contribution in [0.4, 0.5) is 0 Å². The molecule has 1 aromatic carbocycles. The lowest BCUT2D eigenvalue weighted by Gasteiger charge is -2.09. The van der Waals surface area contributed by atoms with Crippen molar-refractivity contribution in [3.8, 4) is 0 Å². The van der Waals surface area contributed by atoms with Gasteiger partial charge < -0.3 is 0 Å². The van der Waals surface area contributed by atoms with Crippen LogP contribution in [0, 0.1) is 5.92 Å². The van der Waals surface area contributed by atoms with E-state index in [9.17, 15) is 0 Å². The monoisotopic (exact) mass is 290 g/mol. The Morgan fingerprint density at radius 3 is 2.08 bits per heavy atom. The molecule has 0 amide bonds. The Kier molecular flexibility index (Phi) is 3.78. The summed E-state index contributed by atoms with van der Waals surface area (Å²) in [4.78, 5) is 0. The molecule has 1 aromatic rings. The second-order valence-electron chi connectivity index (χ2n) is 3.30. The van der Waals surface area contributed by atoms with E-state index < -0.39 is 0 Å². The normalized spacial score (nSPS) is 10.8. The molecule has 0 nitrogen and oxygen atoms in total. The van der Waals surface area contributed by atoms with Gasteiger partial charge in [0.25, 0.3) is 0 Å². The maximum atomic E-state index is 3.55. The van der Waals surface area contributed by atoms with Gasteiger partial charge in [0.1, 0.15) is 0 Å². The first-order valence-corrected chi connectivity index (χ1v) is 5.62. The second-order valence-corrected chi connectivity index (χ2v) is 5.01. The van der Waals surface area contributed by atoms with E-state index in [2.05, 4.69) is 57.8 Å². The smallest absolute Gasteiger partial charge is 0.0218 e. The molecular formula is C10H12Br2. The van der Waals surface area contributed by atoms with E-state index in [-0.39, 0.29) is 0 Å². The molecule has 0 N–H and O–H groups in total. The molecule has 0 aromatic heterocycles. The van der Waals surface area contributed by atoms with Gasteiger partial charge in [-0.1, -0.05) is 51.8 Å². The molecule has 0 aliphatic heterocycles. The first-order chi connectivity index (χ1) is 5.61. The molecule has 12 heavy (non-hydrogen) atoms. The lowest BCUT2D eigenvalue weighted by atomic mass is 10.0. The summed E-state index contributed by atoms with van der Waals surface area (Å²) in [6, 6.07) is 6.21. The van der Waals surface area contributed by atoms with E-state index in [0.29, 0.717) is 5.92 Å². The molecule has 0 atom stereocenters. The van der Waals surface area contributed by atoms with Crippen LogP contribution in [0.15, 0.2) is 27.1 Å². The van der Waals surface area contributed by atoms with Crippen molar-refractivity contribution in [1.29, 1.82) is 0 Å². The zero-order chi connectivity index (χ0) is 9.14.